The molecule has 5 heterocycles. The highest BCUT2D eigenvalue weighted by molar-refractivity contribution is 7.10. The smallest absolute Gasteiger partial charge is 0.396 e. The van der Waals surface area contributed by atoms with E-state index in [2.05, 4.69) is 30.4 Å². The summed E-state index contributed by atoms with van der Waals surface area (Å²) in [5.74, 6) is -6.38. The van der Waals surface area contributed by atoms with Crippen molar-refractivity contribution in [3.8, 4) is 11.5 Å². The molecular weight excluding hydrogens is 599 g/mol. The molecule has 0 aliphatic carbocycles. The number of alkyl halides is 5. The molecule has 11 nitrogen and oxygen atoms in total. The molecule has 0 bridgehead atoms. The average Bonchev–Trinajstić information content (AvgIpc) is 3.63. The Kier molecular flexibility index (Phi) is 7.24. The van der Waals surface area contributed by atoms with Crippen LogP contribution in [0.4, 0.5) is 33.6 Å². The molecule has 0 spiro atoms. The van der Waals surface area contributed by atoms with Gasteiger partial charge in [-0.25, -0.2) is 24.6 Å². The maximum Gasteiger partial charge on any atom is 0.453 e. The topological polar surface area (TPSA) is 162 Å². The highest BCUT2D eigenvalue weighted by atomic mass is 32.1. The molecule has 4 aromatic heterocycles. The van der Waals surface area contributed by atoms with E-state index in [4.69, 9.17) is 5.73 Å². The average molecular weight is 625 g/mol. The second-order valence-corrected chi connectivity index (χ2v) is 11.7. The Bertz CT molecular complexity index is 1740. The van der Waals surface area contributed by atoms with Gasteiger partial charge >= 0.3 is 12.1 Å². The minimum Gasteiger partial charge on any atom is -0.396 e. The fourth-order valence-corrected chi connectivity index (χ4v) is 6.03. The molecule has 1 aliphatic rings. The summed E-state index contributed by atoms with van der Waals surface area (Å²) in [5, 5.41) is 18.8. The van der Waals surface area contributed by atoms with Crippen molar-refractivity contribution >= 4 is 46.2 Å². The zero-order valence-electron chi connectivity index (χ0n) is 22.9. The normalized spacial score (nSPS) is 18.1. The number of anilines is 2. The first-order valence-electron chi connectivity index (χ1n) is 12.8. The van der Waals surface area contributed by atoms with Gasteiger partial charge in [-0.05, 0) is 19.1 Å². The number of carbonyl (C=O) groups is 2. The quantitative estimate of drug-likeness (QED) is 0.186. The maximum atomic E-state index is 13.6. The predicted octanol–water partition coefficient (Wildman–Crippen LogP) is 3.86. The SMILES string of the molecule is CC1(c2nc(C(C)(C)C(C=O)CO)cs2)C(=O)Nc2nc(-c3nn(CCC(F)(F)C(F)(F)F)c4ncccc34)nc(N)c21. The number of aryl methyl sites for hydroxylation is 1. The lowest BCUT2D eigenvalue weighted by atomic mass is 9.77. The molecule has 1 aliphatic heterocycles. The van der Waals surface area contributed by atoms with Crippen molar-refractivity contribution in [3.05, 3.63) is 40.0 Å². The molecule has 228 valence electrons. The van der Waals surface area contributed by atoms with Crippen LogP contribution in [-0.4, -0.2) is 65.7 Å². The minimum atomic E-state index is -5.72. The third-order valence-corrected chi connectivity index (χ3v) is 8.84. The zero-order valence-corrected chi connectivity index (χ0v) is 23.7. The van der Waals surface area contributed by atoms with Crippen LogP contribution >= 0.6 is 11.3 Å². The molecule has 0 aromatic carbocycles. The number of pyridine rings is 1. The fraction of sp³-hybridized carbons (Fsp3) is 0.423. The van der Waals surface area contributed by atoms with E-state index in [0.717, 1.165) is 16.0 Å². The number of nitrogen functional groups attached to an aromatic ring is 1. The van der Waals surface area contributed by atoms with Gasteiger partial charge in [0.05, 0.1) is 23.3 Å². The number of aliphatic hydroxyl groups excluding tert-OH is 1. The summed E-state index contributed by atoms with van der Waals surface area (Å²) in [6.45, 7) is 3.88. The van der Waals surface area contributed by atoms with Crippen LogP contribution in [0.1, 0.15) is 43.5 Å². The number of aldehydes is 1. The number of aliphatic hydroxyl groups is 1. The number of halogens is 5. The van der Waals surface area contributed by atoms with Gasteiger partial charge in [0.25, 0.3) is 0 Å². The molecule has 1 amide bonds. The highest BCUT2D eigenvalue weighted by Gasteiger charge is 2.57. The van der Waals surface area contributed by atoms with Crippen LogP contribution in [0.3, 0.4) is 0 Å². The summed E-state index contributed by atoms with van der Waals surface area (Å²) < 4.78 is 66.4. The first-order chi connectivity index (χ1) is 20.1. The molecule has 43 heavy (non-hydrogen) atoms. The van der Waals surface area contributed by atoms with Crippen molar-refractivity contribution in [2.45, 2.75) is 56.7 Å². The largest absolute Gasteiger partial charge is 0.453 e. The Labute approximate surface area is 244 Å². The predicted molar refractivity (Wildman–Crippen MR) is 145 cm³/mol. The molecule has 4 aromatic rings. The lowest BCUT2D eigenvalue weighted by Crippen LogP contribution is -2.37. The van der Waals surface area contributed by atoms with E-state index in [1.807, 2.05) is 0 Å². The van der Waals surface area contributed by atoms with Gasteiger partial charge in [-0.2, -0.15) is 27.1 Å². The van der Waals surface area contributed by atoms with E-state index >= 15 is 0 Å². The van der Waals surface area contributed by atoms with Crippen LogP contribution in [0.15, 0.2) is 23.7 Å². The molecule has 0 saturated carbocycles. The number of amides is 1. The second kappa shape index (κ2) is 10.3. The van der Waals surface area contributed by atoms with Crippen LogP contribution in [0.2, 0.25) is 0 Å². The molecule has 17 heteroatoms. The first kappa shape index (κ1) is 30.3. The summed E-state index contributed by atoms with van der Waals surface area (Å²) in [7, 11) is 0. The maximum absolute atomic E-state index is 13.6. The van der Waals surface area contributed by atoms with E-state index < -0.39 is 54.3 Å². The van der Waals surface area contributed by atoms with Gasteiger partial charge in [-0.1, -0.05) is 13.8 Å². The van der Waals surface area contributed by atoms with Crippen LogP contribution in [0, 0.1) is 5.92 Å². The molecule has 4 N–H and O–H groups in total. The number of nitrogens with zero attached hydrogens (tertiary/aromatic N) is 6. The van der Waals surface area contributed by atoms with E-state index in [1.54, 1.807) is 26.2 Å². The molecule has 2 unspecified atom stereocenters. The molecule has 0 saturated heterocycles. The number of hydrogen-bond donors (Lipinski definition) is 3. The summed E-state index contributed by atoms with van der Waals surface area (Å²) in [6, 6.07) is 3.04. The van der Waals surface area contributed by atoms with Gasteiger partial charge in [0.1, 0.15) is 34.0 Å². The highest BCUT2D eigenvalue weighted by Crippen LogP contribution is 2.47. The number of rotatable bonds is 9. The Morgan fingerprint density at radius 2 is 1.93 bits per heavy atom. The summed E-state index contributed by atoms with van der Waals surface area (Å²) in [5.41, 5.74) is 4.84. The zero-order chi connectivity index (χ0) is 31.5. The van der Waals surface area contributed by atoms with Crippen molar-refractivity contribution in [3.63, 3.8) is 0 Å². The number of nitrogens with one attached hydrogen (secondary N) is 1. The van der Waals surface area contributed by atoms with Gasteiger partial charge < -0.3 is 21.0 Å². The van der Waals surface area contributed by atoms with Gasteiger partial charge in [-0.15, -0.1) is 11.3 Å². The van der Waals surface area contributed by atoms with E-state index in [1.165, 1.54) is 18.3 Å². The number of nitrogens with two attached hydrogens (primary N) is 1. The number of carbonyl (C=O) groups excluding carboxylic acids is 2. The third kappa shape index (κ3) is 4.79. The standard InChI is InChI=1S/C26H25F5N8O3S/c1-23(2,12(9-40)10-41)14-11-43-22(34-14)24(3)15-17(32)35-19(36-18(15)37-21(24)42)16-13-5-4-7-33-20(13)39(38-16)8-6-25(27,28)26(29,30)31/h4-5,7,9,11-12,41H,6,8,10H2,1-3H3,(H3,32,35,36,37,42). The lowest BCUT2D eigenvalue weighted by molar-refractivity contribution is -0.285. The van der Waals surface area contributed by atoms with Crippen molar-refractivity contribution in [2.75, 3.05) is 17.7 Å². The first-order valence-corrected chi connectivity index (χ1v) is 13.7. The molecule has 2 atom stereocenters. The van der Waals surface area contributed by atoms with Crippen molar-refractivity contribution in [1.29, 1.82) is 0 Å². The summed E-state index contributed by atoms with van der Waals surface area (Å²) in [6.07, 6.45) is -5.31. The summed E-state index contributed by atoms with van der Waals surface area (Å²) >= 11 is 1.16. The van der Waals surface area contributed by atoms with E-state index in [0.29, 0.717) is 17.0 Å². The Balaban J connectivity index is 1.55. The van der Waals surface area contributed by atoms with E-state index in [-0.39, 0.29) is 39.8 Å². The van der Waals surface area contributed by atoms with Gasteiger partial charge in [0.15, 0.2) is 11.5 Å². The van der Waals surface area contributed by atoms with Crippen molar-refractivity contribution < 1.29 is 36.6 Å². The van der Waals surface area contributed by atoms with Gasteiger partial charge in [-0.3, -0.25) is 4.79 Å². The Morgan fingerprint density at radius 1 is 1.21 bits per heavy atom. The van der Waals surface area contributed by atoms with Crippen molar-refractivity contribution in [1.82, 2.24) is 29.7 Å². The number of hydrogen-bond acceptors (Lipinski definition) is 10. The van der Waals surface area contributed by atoms with Crippen LogP contribution in [-0.2, 0) is 27.0 Å². The van der Waals surface area contributed by atoms with E-state index in [9.17, 15) is 36.6 Å². The fourth-order valence-electron chi connectivity index (χ4n) is 4.87. The lowest BCUT2D eigenvalue weighted by Gasteiger charge is -2.28. The van der Waals surface area contributed by atoms with Crippen LogP contribution in [0.5, 0.6) is 0 Å². The number of thiazole rings is 1. The minimum absolute atomic E-state index is 0.0120. The third-order valence-electron chi connectivity index (χ3n) is 7.77. The Morgan fingerprint density at radius 3 is 2.58 bits per heavy atom. The van der Waals surface area contributed by atoms with Gasteiger partial charge in [0, 0.05) is 35.9 Å². The monoisotopic (exact) mass is 624 g/mol. The van der Waals surface area contributed by atoms with Crippen LogP contribution in [0.25, 0.3) is 22.6 Å². The number of aromatic nitrogens is 6. The van der Waals surface area contributed by atoms with Crippen LogP contribution < -0.4 is 11.1 Å². The van der Waals surface area contributed by atoms with Crippen molar-refractivity contribution in [2.24, 2.45) is 5.92 Å². The molecule has 0 radical (unpaired) electrons. The van der Waals surface area contributed by atoms with Gasteiger partial charge in [0.2, 0.25) is 5.91 Å². The summed E-state index contributed by atoms with van der Waals surface area (Å²) in [4.78, 5) is 42.4. The molecule has 0 fully saturated rings. The number of fused-ring (bicyclic) bond motifs is 2. The molecule has 5 rings (SSSR count). The Hall–Kier alpha value is -4.12. The second-order valence-electron chi connectivity index (χ2n) is 10.8. The molecular formula is C26H25F5N8O3S.